The van der Waals surface area contributed by atoms with Crippen LogP contribution < -0.4 is 15.8 Å². The van der Waals surface area contributed by atoms with E-state index in [1.54, 1.807) is 0 Å². The summed E-state index contributed by atoms with van der Waals surface area (Å²) in [4.78, 5) is 0. The highest BCUT2D eigenvalue weighted by Gasteiger charge is 2.19. The van der Waals surface area contributed by atoms with Crippen LogP contribution in [0.5, 0.6) is 5.75 Å². The van der Waals surface area contributed by atoms with Crippen LogP contribution >= 0.6 is 0 Å². The van der Waals surface area contributed by atoms with Gasteiger partial charge in [-0.3, -0.25) is 0 Å². The average molecular weight is 278 g/mol. The van der Waals surface area contributed by atoms with E-state index in [1.807, 2.05) is 18.2 Å². The van der Waals surface area contributed by atoms with Gasteiger partial charge in [0, 0.05) is 18.3 Å². The van der Waals surface area contributed by atoms with Gasteiger partial charge in [-0.15, -0.1) is 0 Å². The second-order valence-corrected chi connectivity index (χ2v) is 5.67. The maximum atomic E-state index is 9.69. The summed E-state index contributed by atoms with van der Waals surface area (Å²) in [6, 6.07) is 5.82. The number of aliphatic hydroxyl groups is 1. The number of nitrogens with two attached hydrogens (primary N) is 1. The van der Waals surface area contributed by atoms with Crippen LogP contribution in [0.15, 0.2) is 18.2 Å². The molecule has 0 spiro atoms. The average Bonchev–Trinajstić information content (AvgIpc) is 2.45. The highest BCUT2D eigenvalue weighted by Crippen LogP contribution is 2.28. The highest BCUT2D eigenvalue weighted by atomic mass is 16.5. The Kier molecular flexibility index (Phi) is 5.53. The Labute approximate surface area is 121 Å². The molecule has 1 aromatic carbocycles. The Morgan fingerprint density at radius 3 is 3.00 bits per heavy atom. The van der Waals surface area contributed by atoms with Crippen LogP contribution in [-0.2, 0) is 0 Å². The number of nitrogens with one attached hydrogen (secondary N) is 1. The summed E-state index contributed by atoms with van der Waals surface area (Å²) in [5.74, 6) is 1.30. The standard InChI is InChI=1S/C16H26N2O2/c1-2-8-20-16-10-13(6-7-15(16)17)18-11-12-4-3-5-14(19)9-12/h6-7,10,12,14,18-19H,2-5,8-9,11,17H2,1H3. The molecule has 20 heavy (non-hydrogen) atoms. The van der Waals surface area contributed by atoms with Gasteiger partial charge >= 0.3 is 0 Å². The van der Waals surface area contributed by atoms with Gasteiger partial charge in [0.1, 0.15) is 5.75 Å². The molecule has 1 fully saturated rings. The SMILES string of the molecule is CCCOc1cc(NCC2CCCC(O)C2)ccc1N. The van der Waals surface area contributed by atoms with Crippen LogP contribution in [0, 0.1) is 5.92 Å². The third-order valence-electron chi connectivity index (χ3n) is 3.83. The minimum Gasteiger partial charge on any atom is -0.491 e. The van der Waals surface area contributed by atoms with Crippen LogP contribution in [-0.4, -0.2) is 24.4 Å². The maximum absolute atomic E-state index is 9.69. The number of anilines is 2. The molecular formula is C16H26N2O2. The van der Waals surface area contributed by atoms with Crippen LogP contribution in [0.25, 0.3) is 0 Å². The molecular weight excluding hydrogens is 252 g/mol. The normalized spacial score (nSPS) is 22.5. The third kappa shape index (κ3) is 4.30. The van der Waals surface area contributed by atoms with Gasteiger partial charge in [-0.2, -0.15) is 0 Å². The number of aliphatic hydroxyl groups excluding tert-OH is 1. The lowest BCUT2D eigenvalue weighted by atomic mass is 9.87. The van der Waals surface area contributed by atoms with E-state index in [4.69, 9.17) is 10.5 Å². The first kappa shape index (κ1) is 15.0. The molecule has 0 bridgehead atoms. The van der Waals surface area contributed by atoms with Crippen LogP contribution in [0.3, 0.4) is 0 Å². The Morgan fingerprint density at radius 1 is 1.40 bits per heavy atom. The Bertz CT molecular complexity index is 423. The molecule has 0 radical (unpaired) electrons. The molecule has 1 aliphatic rings. The summed E-state index contributed by atoms with van der Waals surface area (Å²) in [7, 11) is 0. The lowest BCUT2D eigenvalue weighted by Crippen LogP contribution is -2.25. The molecule has 4 N–H and O–H groups in total. The van der Waals surface area contributed by atoms with Gasteiger partial charge in [0.25, 0.3) is 0 Å². The first-order valence-electron chi connectivity index (χ1n) is 7.63. The van der Waals surface area contributed by atoms with Gasteiger partial charge in [-0.1, -0.05) is 13.3 Å². The van der Waals surface area contributed by atoms with Crippen molar-refractivity contribution in [3.63, 3.8) is 0 Å². The predicted octanol–water partition coefficient (Wildman–Crippen LogP) is 3.02. The lowest BCUT2D eigenvalue weighted by molar-refractivity contribution is 0.105. The summed E-state index contributed by atoms with van der Waals surface area (Å²) in [5, 5.41) is 13.1. The van der Waals surface area contributed by atoms with Gasteiger partial charge in [0.2, 0.25) is 0 Å². The fourth-order valence-corrected chi connectivity index (χ4v) is 2.69. The van der Waals surface area contributed by atoms with E-state index in [0.717, 1.165) is 43.7 Å². The molecule has 0 amide bonds. The maximum Gasteiger partial charge on any atom is 0.144 e. The second-order valence-electron chi connectivity index (χ2n) is 5.67. The van der Waals surface area contributed by atoms with E-state index >= 15 is 0 Å². The van der Waals surface area contributed by atoms with Crippen molar-refractivity contribution in [2.24, 2.45) is 5.92 Å². The summed E-state index contributed by atoms with van der Waals surface area (Å²) in [6.07, 6.45) is 5.02. The zero-order valence-corrected chi connectivity index (χ0v) is 12.3. The van der Waals surface area contributed by atoms with Crippen molar-refractivity contribution < 1.29 is 9.84 Å². The molecule has 112 valence electrons. The van der Waals surface area contributed by atoms with Crippen molar-refractivity contribution in [2.75, 3.05) is 24.2 Å². The Balaban J connectivity index is 1.88. The molecule has 0 aliphatic heterocycles. The molecule has 2 unspecified atom stereocenters. The van der Waals surface area contributed by atoms with Crippen molar-refractivity contribution in [2.45, 2.75) is 45.1 Å². The quantitative estimate of drug-likeness (QED) is 0.700. The highest BCUT2D eigenvalue weighted by molar-refractivity contribution is 5.61. The topological polar surface area (TPSA) is 67.5 Å². The van der Waals surface area contributed by atoms with E-state index in [2.05, 4.69) is 12.2 Å². The van der Waals surface area contributed by atoms with Crippen LogP contribution in [0.1, 0.15) is 39.0 Å². The monoisotopic (exact) mass is 278 g/mol. The first-order chi connectivity index (χ1) is 9.69. The number of benzene rings is 1. The first-order valence-corrected chi connectivity index (χ1v) is 7.63. The molecule has 1 saturated carbocycles. The van der Waals surface area contributed by atoms with Crippen molar-refractivity contribution >= 4 is 11.4 Å². The van der Waals surface area contributed by atoms with Crippen molar-refractivity contribution in [3.8, 4) is 5.75 Å². The van der Waals surface area contributed by atoms with Gasteiger partial charge in [-0.05, 0) is 43.7 Å². The second kappa shape index (κ2) is 7.39. The zero-order valence-electron chi connectivity index (χ0n) is 12.3. The van der Waals surface area contributed by atoms with Crippen molar-refractivity contribution in [3.05, 3.63) is 18.2 Å². The lowest BCUT2D eigenvalue weighted by Gasteiger charge is -2.26. The molecule has 4 heteroatoms. The zero-order chi connectivity index (χ0) is 14.4. The van der Waals surface area contributed by atoms with Crippen molar-refractivity contribution in [1.29, 1.82) is 0 Å². The number of nitrogen functional groups attached to an aromatic ring is 1. The smallest absolute Gasteiger partial charge is 0.144 e. The van der Waals surface area contributed by atoms with E-state index in [-0.39, 0.29) is 6.10 Å². The number of ether oxygens (including phenoxy) is 1. The van der Waals surface area contributed by atoms with Gasteiger partial charge in [0.15, 0.2) is 0 Å². The minimum absolute atomic E-state index is 0.120. The Morgan fingerprint density at radius 2 is 2.25 bits per heavy atom. The molecule has 2 rings (SSSR count). The summed E-state index contributed by atoms with van der Waals surface area (Å²) < 4.78 is 5.63. The fourth-order valence-electron chi connectivity index (χ4n) is 2.69. The molecule has 0 heterocycles. The molecule has 2 atom stereocenters. The number of hydrogen-bond donors (Lipinski definition) is 3. The largest absolute Gasteiger partial charge is 0.491 e. The van der Waals surface area contributed by atoms with E-state index in [0.29, 0.717) is 18.2 Å². The minimum atomic E-state index is -0.120. The summed E-state index contributed by atoms with van der Waals surface area (Å²) in [6.45, 7) is 3.66. The molecule has 0 aromatic heterocycles. The predicted molar refractivity (Wildman–Crippen MR) is 83.1 cm³/mol. The van der Waals surface area contributed by atoms with E-state index in [9.17, 15) is 5.11 Å². The number of rotatable bonds is 6. The van der Waals surface area contributed by atoms with E-state index < -0.39 is 0 Å². The third-order valence-corrected chi connectivity index (χ3v) is 3.83. The molecule has 4 nitrogen and oxygen atoms in total. The van der Waals surface area contributed by atoms with E-state index in [1.165, 1.54) is 6.42 Å². The van der Waals surface area contributed by atoms with Gasteiger partial charge < -0.3 is 20.9 Å². The van der Waals surface area contributed by atoms with Gasteiger partial charge in [-0.25, -0.2) is 0 Å². The van der Waals surface area contributed by atoms with Gasteiger partial charge in [0.05, 0.1) is 18.4 Å². The summed E-state index contributed by atoms with van der Waals surface area (Å²) >= 11 is 0. The fraction of sp³-hybridized carbons (Fsp3) is 0.625. The van der Waals surface area contributed by atoms with Crippen LogP contribution in [0.4, 0.5) is 11.4 Å². The van der Waals surface area contributed by atoms with Crippen molar-refractivity contribution in [1.82, 2.24) is 0 Å². The molecule has 0 saturated heterocycles. The molecule has 1 aromatic rings. The number of hydrogen-bond acceptors (Lipinski definition) is 4. The van der Waals surface area contributed by atoms with Crippen LogP contribution in [0.2, 0.25) is 0 Å². The summed E-state index contributed by atoms with van der Waals surface area (Å²) in [5.41, 5.74) is 7.61. The molecule has 1 aliphatic carbocycles. The Hall–Kier alpha value is -1.42.